The highest BCUT2D eigenvalue weighted by Crippen LogP contribution is 2.18. The Balaban J connectivity index is 1.51. The van der Waals surface area contributed by atoms with E-state index in [2.05, 4.69) is 21.7 Å². The lowest BCUT2D eigenvalue weighted by molar-refractivity contribution is 0.385. The molecule has 2 heterocycles. The molecule has 136 valence electrons. The van der Waals surface area contributed by atoms with Crippen molar-refractivity contribution in [2.45, 2.75) is 6.42 Å². The highest BCUT2D eigenvalue weighted by molar-refractivity contribution is 7.89. The molecule has 0 saturated carbocycles. The molecule has 1 aromatic carbocycles. The Morgan fingerprint density at radius 1 is 1.08 bits per heavy atom. The number of pyridine rings is 1. The first-order valence-corrected chi connectivity index (χ1v) is 10.0. The third-order valence-corrected chi connectivity index (χ3v) is 6.08. The molecule has 0 spiro atoms. The van der Waals surface area contributed by atoms with Gasteiger partial charge in [0.15, 0.2) is 0 Å². The fourth-order valence-electron chi connectivity index (χ4n) is 2.79. The van der Waals surface area contributed by atoms with Gasteiger partial charge in [0.05, 0.1) is 5.75 Å². The number of halogens is 1. The first-order valence-electron chi connectivity index (χ1n) is 8.42. The molecule has 1 aliphatic heterocycles. The summed E-state index contributed by atoms with van der Waals surface area (Å²) in [5.74, 6) is 5.55. The zero-order valence-electron chi connectivity index (χ0n) is 14.3. The van der Waals surface area contributed by atoms with Crippen LogP contribution in [0.25, 0.3) is 0 Å². The molecule has 3 rings (SSSR count). The number of benzene rings is 1. The quantitative estimate of drug-likeness (QED) is 0.771. The van der Waals surface area contributed by atoms with Crippen molar-refractivity contribution in [3.8, 4) is 11.8 Å². The predicted octanol–water partition coefficient (Wildman–Crippen LogP) is 2.11. The maximum atomic E-state index is 13.0. The number of anilines is 1. The van der Waals surface area contributed by atoms with E-state index in [-0.39, 0.29) is 18.0 Å². The summed E-state index contributed by atoms with van der Waals surface area (Å²) in [5.41, 5.74) is 1.68. The van der Waals surface area contributed by atoms with Gasteiger partial charge in [-0.05, 0) is 36.4 Å². The SMILES string of the molecule is O=S(=O)(CCC#Cc1cccnc1)N1CCN(c2ccc(F)cc2)CC1. The van der Waals surface area contributed by atoms with Crippen molar-refractivity contribution < 1.29 is 12.8 Å². The van der Waals surface area contributed by atoms with Gasteiger partial charge in [0.1, 0.15) is 5.82 Å². The largest absolute Gasteiger partial charge is 0.369 e. The number of nitrogens with zero attached hydrogens (tertiary/aromatic N) is 3. The van der Waals surface area contributed by atoms with Gasteiger partial charge in [-0.2, -0.15) is 4.31 Å². The molecule has 5 nitrogen and oxygen atoms in total. The molecule has 0 amide bonds. The minimum atomic E-state index is -3.32. The Bertz CT molecular complexity index is 882. The number of aromatic nitrogens is 1. The van der Waals surface area contributed by atoms with Crippen molar-refractivity contribution in [3.05, 3.63) is 60.2 Å². The average Bonchev–Trinajstić information content (AvgIpc) is 2.67. The number of hydrogen-bond acceptors (Lipinski definition) is 4. The molecule has 0 radical (unpaired) electrons. The lowest BCUT2D eigenvalue weighted by Gasteiger charge is -2.35. The van der Waals surface area contributed by atoms with Gasteiger partial charge in [0, 0.05) is 56.2 Å². The second-order valence-electron chi connectivity index (χ2n) is 5.97. The number of rotatable bonds is 4. The van der Waals surface area contributed by atoms with Crippen molar-refractivity contribution >= 4 is 15.7 Å². The van der Waals surface area contributed by atoms with Gasteiger partial charge in [-0.3, -0.25) is 4.98 Å². The highest BCUT2D eigenvalue weighted by Gasteiger charge is 2.26. The minimum Gasteiger partial charge on any atom is -0.369 e. The summed E-state index contributed by atoms with van der Waals surface area (Å²) in [7, 11) is -3.32. The summed E-state index contributed by atoms with van der Waals surface area (Å²) in [4.78, 5) is 6.03. The van der Waals surface area contributed by atoms with Gasteiger partial charge in [-0.15, -0.1) is 0 Å². The summed E-state index contributed by atoms with van der Waals surface area (Å²) in [6.45, 7) is 2.03. The Labute approximate surface area is 153 Å². The van der Waals surface area contributed by atoms with Gasteiger partial charge in [-0.1, -0.05) is 11.8 Å². The van der Waals surface area contributed by atoms with E-state index >= 15 is 0 Å². The van der Waals surface area contributed by atoms with E-state index in [0.717, 1.165) is 11.3 Å². The molecular weight excluding hydrogens is 353 g/mol. The van der Waals surface area contributed by atoms with Crippen LogP contribution in [0, 0.1) is 17.7 Å². The van der Waals surface area contributed by atoms with Gasteiger partial charge in [-0.25, -0.2) is 12.8 Å². The molecule has 1 saturated heterocycles. The standard InChI is InChI=1S/C19H20FN3O2S/c20-18-6-8-19(9-7-18)22-11-13-23(14-12-22)26(24,25)15-2-1-4-17-5-3-10-21-16-17/h3,5-10,16H,2,11-15H2. The monoisotopic (exact) mass is 373 g/mol. The van der Waals surface area contributed by atoms with Crippen molar-refractivity contribution in [1.29, 1.82) is 0 Å². The van der Waals surface area contributed by atoms with Crippen LogP contribution in [-0.4, -0.2) is 49.6 Å². The van der Waals surface area contributed by atoms with E-state index in [4.69, 9.17) is 0 Å². The fraction of sp³-hybridized carbons (Fsp3) is 0.316. The molecule has 2 aromatic rings. The van der Waals surface area contributed by atoms with Crippen LogP contribution in [0.2, 0.25) is 0 Å². The smallest absolute Gasteiger partial charge is 0.215 e. The van der Waals surface area contributed by atoms with E-state index in [1.54, 1.807) is 30.6 Å². The maximum Gasteiger partial charge on any atom is 0.215 e. The Morgan fingerprint density at radius 3 is 2.46 bits per heavy atom. The zero-order valence-corrected chi connectivity index (χ0v) is 15.1. The molecule has 26 heavy (non-hydrogen) atoms. The molecule has 1 aliphatic rings. The summed E-state index contributed by atoms with van der Waals surface area (Å²) in [6.07, 6.45) is 3.60. The average molecular weight is 373 g/mol. The van der Waals surface area contributed by atoms with Crippen LogP contribution in [0.1, 0.15) is 12.0 Å². The van der Waals surface area contributed by atoms with Gasteiger partial charge in [0.25, 0.3) is 0 Å². The van der Waals surface area contributed by atoms with Crippen LogP contribution < -0.4 is 4.90 Å². The van der Waals surface area contributed by atoms with Crippen molar-refractivity contribution in [3.63, 3.8) is 0 Å². The third-order valence-electron chi connectivity index (χ3n) is 4.20. The molecule has 0 bridgehead atoms. The molecule has 7 heteroatoms. The third kappa shape index (κ3) is 4.81. The normalized spacial score (nSPS) is 15.3. The van der Waals surface area contributed by atoms with E-state index in [9.17, 15) is 12.8 Å². The van der Waals surface area contributed by atoms with Crippen molar-refractivity contribution in [2.75, 3.05) is 36.8 Å². The van der Waals surface area contributed by atoms with Gasteiger partial charge >= 0.3 is 0 Å². The zero-order chi connectivity index (χ0) is 18.4. The fourth-order valence-corrected chi connectivity index (χ4v) is 4.12. The molecule has 0 aliphatic carbocycles. The summed E-state index contributed by atoms with van der Waals surface area (Å²) in [6, 6.07) is 9.89. The predicted molar refractivity (Wildman–Crippen MR) is 99.7 cm³/mol. The summed E-state index contributed by atoms with van der Waals surface area (Å²) >= 11 is 0. The van der Waals surface area contributed by atoms with E-state index in [1.165, 1.54) is 16.4 Å². The number of hydrogen-bond donors (Lipinski definition) is 0. The molecule has 1 fully saturated rings. The summed E-state index contributed by atoms with van der Waals surface area (Å²) < 4.78 is 39.4. The van der Waals surface area contributed by atoms with Crippen LogP contribution in [-0.2, 0) is 10.0 Å². The Morgan fingerprint density at radius 2 is 1.81 bits per heavy atom. The molecule has 0 atom stereocenters. The number of piperazine rings is 1. The van der Waals surface area contributed by atoms with Crippen LogP contribution in [0.5, 0.6) is 0 Å². The van der Waals surface area contributed by atoms with Crippen molar-refractivity contribution in [1.82, 2.24) is 9.29 Å². The van der Waals surface area contributed by atoms with E-state index < -0.39 is 10.0 Å². The maximum absolute atomic E-state index is 13.0. The van der Waals surface area contributed by atoms with Crippen LogP contribution >= 0.6 is 0 Å². The first-order chi connectivity index (χ1) is 12.5. The lowest BCUT2D eigenvalue weighted by atomic mass is 10.2. The van der Waals surface area contributed by atoms with Crippen LogP contribution in [0.15, 0.2) is 48.8 Å². The molecule has 0 N–H and O–H groups in total. The topological polar surface area (TPSA) is 53.5 Å². The van der Waals surface area contributed by atoms with Crippen LogP contribution in [0.4, 0.5) is 10.1 Å². The second kappa shape index (κ2) is 8.30. The molecule has 0 unspecified atom stereocenters. The van der Waals surface area contributed by atoms with E-state index in [1.807, 2.05) is 6.07 Å². The summed E-state index contributed by atoms with van der Waals surface area (Å²) in [5, 5.41) is 0. The minimum absolute atomic E-state index is 0.0107. The van der Waals surface area contributed by atoms with Crippen LogP contribution in [0.3, 0.4) is 0 Å². The highest BCUT2D eigenvalue weighted by atomic mass is 32.2. The first kappa shape index (κ1) is 18.4. The Kier molecular flexibility index (Phi) is 5.86. The molecular formula is C19H20FN3O2S. The lowest BCUT2D eigenvalue weighted by Crippen LogP contribution is -2.49. The second-order valence-corrected chi connectivity index (χ2v) is 8.06. The van der Waals surface area contributed by atoms with E-state index in [0.29, 0.717) is 26.2 Å². The van der Waals surface area contributed by atoms with Gasteiger partial charge in [0.2, 0.25) is 10.0 Å². The molecule has 1 aromatic heterocycles. The Hall–Kier alpha value is -2.43. The van der Waals surface area contributed by atoms with Gasteiger partial charge < -0.3 is 4.90 Å². The number of sulfonamides is 1. The van der Waals surface area contributed by atoms with Crippen molar-refractivity contribution in [2.24, 2.45) is 0 Å².